The van der Waals surface area contributed by atoms with Crippen molar-refractivity contribution >= 4 is 11.8 Å². The summed E-state index contributed by atoms with van der Waals surface area (Å²) in [5.41, 5.74) is 0.924. The van der Waals surface area contributed by atoms with Gasteiger partial charge in [0.15, 0.2) is 0 Å². The van der Waals surface area contributed by atoms with Crippen LogP contribution in [0.1, 0.15) is 27.4 Å². The Kier molecular flexibility index (Phi) is 3.55. The predicted octanol–water partition coefficient (Wildman–Crippen LogP) is 2.63. The van der Waals surface area contributed by atoms with Crippen LogP contribution in [0.4, 0.5) is 5.82 Å². The summed E-state index contributed by atoms with van der Waals surface area (Å²) in [6.45, 7) is 4.11. The van der Waals surface area contributed by atoms with Gasteiger partial charge in [0.1, 0.15) is 22.9 Å². The van der Waals surface area contributed by atoms with Crippen molar-refractivity contribution in [3.63, 3.8) is 0 Å². The summed E-state index contributed by atoms with van der Waals surface area (Å²) in [7, 11) is 1.80. The molecular formula is C14H16N2O3. The minimum absolute atomic E-state index is 0.230. The van der Waals surface area contributed by atoms with E-state index in [9.17, 15) is 9.90 Å². The fourth-order valence-corrected chi connectivity index (χ4v) is 1.98. The second kappa shape index (κ2) is 5.14. The molecule has 1 N–H and O–H groups in total. The van der Waals surface area contributed by atoms with Crippen LogP contribution in [0.2, 0.25) is 0 Å². The lowest BCUT2D eigenvalue weighted by molar-refractivity contribution is 0.0696. The highest BCUT2D eigenvalue weighted by Crippen LogP contribution is 2.22. The van der Waals surface area contributed by atoms with Crippen LogP contribution < -0.4 is 4.90 Å². The lowest BCUT2D eigenvalue weighted by Gasteiger charge is -2.19. The van der Waals surface area contributed by atoms with Gasteiger partial charge in [-0.15, -0.1) is 0 Å². The van der Waals surface area contributed by atoms with Crippen LogP contribution in [-0.4, -0.2) is 23.1 Å². The van der Waals surface area contributed by atoms with Crippen LogP contribution in [0.25, 0.3) is 0 Å². The van der Waals surface area contributed by atoms with Crippen molar-refractivity contribution in [3.8, 4) is 0 Å². The molecule has 0 fully saturated rings. The maximum Gasteiger partial charge on any atom is 0.339 e. The Labute approximate surface area is 111 Å². The number of hydrogen-bond donors (Lipinski definition) is 1. The van der Waals surface area contributed by atoms with E-state index in [1.807, 2.05) is 19.1 Å². The van der Waals surface area contributed by atoms with E-state index in [1.165, 1.54) is 0 Å². The number of carbonyl (C=O) groups is 1. The number of furan rings is 1. The Hall–Kier alpha value is -2.30. The number of carboxylic acids is 1. The number of pyridine rings is 1. The van der Waals surface area contributed by atoms with Crippen molar-refractivity contribution in [2.24, 2.45) is 0 Å². The number of nitrogens with zero attached hydrogens (tertiary/aromatic N) is 2. The summed E-state index contributed by atoms with van der Waals surface area (Å²) in [6.07, 6.45) is 1.61. The maximum atomic E-state index is 11.3. The molecule has 2 heterocycles. The zero-order valence-corrected chi connectivity index (χ0v) is 11.2. The molecule has 0 aliphatic heterocycles. The molecule has 0 aliphatic carbocycles. The molecule has 2 aromatic heterocycles. The minimum atomic E-state index is -0.969. The molecule has 0 saturated carbocycles. The van der Waals surface area contributed by atoms with E-state index >= 15 is 0 Å². The van der Waals surface area contributed by atoms with Gasteiger partial charge in [-0.25, -0.2) is 9.78 Å². The van der Waals surface area contributed by atoms with Crippen molar-refractivity contribution in [2.75, 3.05) is 11.9 Å². The number of hydrogen-bond acceptors (Lipinski definition) is 4. The molecular weight excluding hydrogens is 244 g/mol. The second-order valence-corrected chi connectivity index (χ2v) is 4.50. The Morgan fingerprint density at radius 3 is 2.68 bits per heavy atom. The van der Waals surface area contributed by atoms with Gasteiger partial charge in [-0.2, -0.15) is 0 Å². The highest BCUT2D eigenvalue weighted by molar-refractivity contribution is 5.94. The average Bonchev–Trinajstić information content (AvgIpc) is 2.73. The summed E-state index contributed by atoms with van der Waals surface area (Å²) < 4.78 is 5.49. The molecule has 0 amide bonds. The monoisotopic (exact) mass is 260 g/mol. The molecule has 0 bridgehead atoms. The third-order valence-electron chi connectivity index (χ3n) is 2.90. The van der Waals surface area contributed by atoms with Crippen molar-refractivity contribution in [1.82, 2.24) is 4.98 Å². The van der Waals surface area contributed by atoms with Crippen LogP contribution in [0.5, 0.6) is 0 Å². The standard InChI is InChI=1S/C14H16N2O3/c1-9-6-7-15-13(12(9)14(17)18)16(3)8-11-5-4-10(2)19-11/h4-7H,8H2,1-3H3,(H,17,18). The third-order valence-corrected chi connectivity index (χ3v) is 2.90. The molecule has 0 saturated heterocycles. The fraction of sp³-hybridized carbons (Fsp3) is 0.286. The molecule has 100 valence electrons. The fourth-order valence-electron chi connectivity index (χ4n) is 1.98. The number of anilines is 1. The normalized spacial score (nSPS) is 10.5. The molecule has 19 heavy (non-hydrogen) atoms. The number of aromatic nitrogens is 1. The lowest BCUT2D eigenvalue weighted by atomic mass is 10.1. The molecule has 5 heteroatoms. The lowest BCUT2D eigenvalue weighted by Crippen LogP contribution is -2.21. The first-order valence-electron chi connectivity index (χ1n) is 5.94. The van der Waals surface area contributed by atoms with E-state index in [0.29, 0.717) is 17.9 Å². The van der Waals surface area contributed by atoms with E-state index in [4.69, 9.17) is 4.42 Å². The third kappa shape index (κ3) is 2.76. The molecule has 0 unspecified atom stereocenters. The van der Waals surface area contributed by atoms with E-state index in [1.54, 1.807) is 31.1 Å². The van der Waals surface area contributed by atoms with Gasteiger partial charge in [-0.3, -0.25) is 0 Å². The Balaban J connectivity index is 2.31. The van der Waals surface area contributed by atoms with Crippen molar-refractivity contribution in [1.29, 1.82) is 0 Å². The summed E-state index contributed by atoms with van der Waals surface area (Å²) >= 11 is 0. The second-order valence-electron chi connectivity index (χ2n) is 4.50. The largest absolute Gasteiger partial charge is 0.478 e. The zero-order chi connectivity index (χ0) is 14.0. The Bertz CT molecular complexity index is 604. The molecule has 0 atom stereocenters. The van der Waals surface area contributed by atoms with E-state index < -0.39 is 5.97 Å². The van der Waals surface area contributed by atoms with Gasteiger partial charge in [0.05, 0.1) is 6.54 Å². The van der Waals surface area contributed by atoms with Crippen molar-refractivity contribution in [3.05, 3.63) is 47.0 Å². The average molecular weight is 260 g/mol. The number of aryl methyl sites for hydroxylation is 2. The van der Waals surface area contributed by atoms with Gasteiger partial charge in [0, 0.05) is 13.2 Å². The Morgan fingerprint density at radius 2 is 2.11 bits per heavy atom. The highest BCUT2D eigenvalue weighted by Gasteiger charge is 2.18. The first kappa shape index (κ1) is 13.1. The first-order valence-corrected chi connectivity index (χ1v) is 5.94. The van der Waals surface area contributed by atoms with Gasteiger partial charge in [-0.05, 0) is 37.6 Å². The quantitative estimate of drug-likeness (QED) is 0.915. The highest BCUT2D eigenvalue weighted by atomic mass is 16.4. The van der Waals surface area contributed by atoms with Crippen LogP contribution in [-0.2, 0) is 6.54 Å². The van der Waals surface area contributed by atoms with E-state index in [0.717, 1.165) is 11.5 Å². The molecule has 0 aliphatic rings. The SMILES string of the molecule is Cc1ccc(CN(C)c2nccc(C)c2C(=O)O)o1. The van der Waals surface area contributed by atoms with Crippen molar-refractivity contribution < 1.29 is 14.3 Å². The molecule has 2 aromatic rings. The molecule has 0 aromatic carbocycles. The van der Waals surface area contributed by atoms with Crippen LogP contribution in [0, 0.1) is 13.8 Å². The minimum Gasteiger partial charge on any atom is -0.478 e. The van der Waals surface area contributed by atoms with Gasteiger partial charge in [0.2, 0.25) is 0 Å². The van der Waals surface area contributed by atoms with E-state index in [2.05, 4.69) is 4.98 Å². The summed E-state index contributed by atoms with van der Waals surface area (Å²) in [6, 6.07) is 5.45. The molecule has 0 radical (unpaired) electrons. The summed E-state index contributed by atoms with van der Waals surface area (Å²) in [4.78, 5) is 17.3. The van der Waals surface area contributed by atoms with Crippen LogP contribution >= 0.6 is 0 Å². The molecule has 5 nitrogen and oxygen atoms in total. The number of carboxylic acid groups (broad SMARTS) is 1. The molecule has 2 rings (SSSR count). The Morgan fingerprint density at radius 1 is 1.37 bits per heavy atom. The molecule has 0 spiro atoms. The zero-order valence-electron chi connectivity index (χ0n) is 11.2. The van der Waals surface area contributed by atoms with Gasteiger partial charge in [0.25, 0.3) is 0 Å². The summed E-state index contributed by atoms with van der Waals surface area (Å²) in [5, 5.41) is 9.28. The summed E-state index contributed by atoms with van der Waals surface area (Å²) in [5.74, 6) is 1.09. The van der Waals surface area contributed by atoms with Crippen LogP contribution in [0.15, 0.2) is 28.8 Å². The van der Waals surface area contributed by atoms with Crippen LogP contribution in [0.3, 0.4) is 0 Å². The van der Waals surface area contributed by atoms with Gasteiger partial charge < -0.3 is 14.4 Å². The predicted molar refractivity (Wildman–Crippen MR) is 71.5 cm³/mol. The van der Waals surface area contributed by atoms with Gasteiger partial charge >= 0.3 is 5.97 Å². The van der Waals surface area contributed by atoms with Crippen molar-refractivity contribution in [2.45, 2.75) is 20.4 Å². The maximum absolute atomic E-state index is 11.3. The smallest absolute Gasteiger partial charge is 0.339 e. The number of aromatic carboxylic acids is 1. The van der Waals surface area contributed by atoms with E-state index in [-0.39, 0.29) is 5.56 Å². The topological polar surface area (TPSA) is 66.6 Å². The van der Waals surface area contributed by atoms with Gasteiger partial charge in [-0.1, -0.05) is 0 Å². The first-order chi connectivity index (χ1) is 8.99. The number of rotatable bonds is 4.